The summed E-state index contributed by atoms with van der Waals surface area (Å²) < 4.78 is 32.6. The molecule has 0 atom stereocenters. The monoisotopic (exact) mass is 426 g/mol. The highest BCUT2D eigenvalue weighted by Gasteiger charge is 2.23. The maximum atomic E-state index is 13.0. The highest BCUT2D eigenvalue weighted by atomic mass is 19.3. The van der Waals surface area contributed by atoms with Gasteiger partial charge in [-0.05, 0) is 29.8 Å². The molecule has 0 unspecified atom stereocenters. The molecule has 1 aromatic heterocycles. The highest BCUT2D eigenvalue weighted by Crippen LogP contribution is 2.18. The first-order valence-corrected chi connectivity index (χ1v) is 10.2. The van der Waals surface area contributed by atoms with Gasteiger partial charge >= 0.3 is 6.55 Å². The van der Waals surface area contributed by atoms with Crippen LogP contribution in [-0.2, 0) is 13.2 Å². The van der Waals surface area contributed by atoms with Gasteiger partial charge in [0.15, 0.2) is 0 Å². The Labute approximate surface area is 179 Å². The van der Waals surface area contributed by atoms with Gasteiger partial charge in [-0.15, -0.1) is 0 Å². The fourth-order valence-corrected chi connectivity index (χ4v) is 3.57. The fourth-order valence-electron chi connectivity index (χ4n) is 3.57. The van der Waals surface area contributed by atoms with Crippen molar-refractivity contribution in [2.75, 3.05) is 26.2 Å². The zero-order chi connectivity index (χ0) is 21.6. The summed E-state index contributed by atoms with van der Waals surface area (Å²) in [6.45, 7) is 0.522. The summed E-state index contributed by atoms with van der Waals surface area (Å²) in [5, 5.41) is 0. The number of benzene rings is 2. The summed E-state index contributed by atoms with van der Waals surface area (Å²) in [6.07, 6.45) is 2.67. The van der Waals surface area contributed by atoms with Gasteiger partial charge in [-0.25, -0.2) is 4.98 Å². The number of piperazine rings is 1. The Hall–Kier alpha value is -3.26. The molecule has 0 N–H and O–H groups in total. The molecule has 1 aliphatic heterocycles. The van der Waals surface area contributed by atoms with Crippen LogP contribution in [0.2, 0.25) is 0 Å². The second-order valence-corrected chi connectivity index (χ2v) is 7.40. The molecule has 0 bridgehead atoms. The zero-order valence-corrected chi connectivity index (χ0v) is 17.0. The van der Waals surface area contributed by atoms with Crippen molar-refractivity contribution in [3.63, 3.8) is 0 Å². The molecule has 0 saturated carbocycles. The lowest BCUT2D eigenvalue weighted by molar-refractivity contribution is 0.0555. The lowest BCUT2D eigenvalue weighted by Crippen LogP contribution is -2.48. The van der Waals surface area contributed by atoms with Crippen LogP contribution in [0.15, 0.2) is 67.0 Å². The van der Waals surface area contributed by atoms with Crippen LogP contribution >= 0.6 is 0 Å². The first-order chi connectivity index (χ1) is 15.1. The molecular formula is C23H24F2N4O2. The van der Waals surface area contributed by atoms with Gasteiger partial charge in [0.25, 0.3) is 5.91 Å². The van der Waals surface area contributed by atoms with Crippen LogP contribution in [0.5, 0.6) is 5.75 Å². The molecule has 31 heavy (non-hydrogen) atoms. The van der Waals surface area contributed by atoms with Crippen molar-refractivity contribution >= 4 is 5.91 Å². The van der Waals surface area contributed by atoms with Crippen molar-refractivity contribution in [2.24, 2.45) is 0 Å². The van der Waals surface area contributed by atoms with Crippen LogP contribution in [0.3, 0.4) is 0 Å². The highest BCUT2D eigenvalue weighted by molar-refractivity contribution is 5.94. The van der Waals surface area contributed by atoms with Gasteiger partial charge in [0.2, 0.25) is 0 Å². The molecule has 1 amide bonds. The van der Waals surface area contributed by atoms with E-state index in [0.717, 1.165) is 10.1 Å². The predicted molar refractivity (Wildman–Crippen MR) is 112 cm³/mol. The number of halogens is 2. The Morgan fingerprint density at radius 3 is 2.39 bits per heavy atom. The summed E-state index contributed by atoms with van der Waals surface area (Å²) in [4.78, 5) is 20.7. The number of hydrogen-bond acceptors (Lipinski definition) is 4. The fraction of sp³-hybridized carbons (Fsp3) is 0.304. The van der Waals surface area contributed by atoms with Crippen molar-refractivity contribution in [1.82, 2.24) is 19.4 Å². The van der Waals surface area contributed by atoms with Crippen molar-refractivity contribution in [1.29, 1.82) is 0 Å². The molecule has 1 saturated heterocycles. The molecule has 0 aliphatic carbocycles. The number of ether oxygens (including phenoxy) is 1. The topological polar surface area (TPSA) is 50.6 Å². The maximum absolute atomic E-state index is 13.0. The van der Waals surface area contributed by atoms with Crippen LogP contribution in [-0.4, -0.2) is 51.4 Å². The minimum Gasteiger partial charge on any atom is -0.489 e. The number of hydrogen-bond donors (Lipinski definition) is 0. The van der Waals surface area contributed by atoms with Crippen molar-refractivity contribution in [2.45, 2.75) is 19.7 Å². The molecule has 2 aromatic carbocycles. The van der Waals surface area contributed by atoms with Gasteiger partial charge in [0.1, 0.15) is 18.2 Å². The van der Waals surface area contributed by atoms with E-state index in [9.17, 15) is 13.6 Å². The van der Waals surface area contributed by atoms with E-state index in [2.05, 4.69) is 4.98 Å². The van der Waals surface area contributed by atoms with E-state index >= 15 is 0 Å². The van der Waals surface area contributed by atoms with E-state index in [1.165, 1.54) is 12.4 Å². The summed E-state index contributed by atoms with van der Waals surface area (Å²) in [5.74, 6) is 1.00. The van der Waals surface area contributed by atoms with E-state index in [1.807, 2.05) is 35.2 Å². The number of nitrogens with zero attached hydrogens (tertiary/aromatic N) is 4. The molecule has 1 aliphatic rings. The summed E-state index contributed by atoms with van der Waals surface area (Å²) >= 11 is 0. The van der Waals surface area contributed by atoms with Crippen molar-refractivity contribution < 1.29 is 18.3 Å². The van der Waals surface area contributed by atoms with Gasteiger partial charge in [0, 0.05) is 44.1 Å². The van der Waals surface area contributed by atoms with Crippen LogP contribution in [0.4, 0.5) is 8.78 Å². The van der Waals surface area contributed by atoms with Crippen molar-refractivity contribution in [3.8, 4) is 5.75 Å². The Morgan fingerprint density at radius 2 is 1.71 bits per heavy atom. The molecule has 162 valence electrons. The number of rotatable bonds is 7. The number of amides is 1. The Morgan fingerprint density at radius 1 is 1.00 bits per heavy atom. The summed E-state index contributed by atoms with van der Waals surface area (Å²) in [5.41, 5.74) is 1.69. The van der Waals surface area contributed by atoms with Gasteiger partial charge in [0.05, 0.1) is 6.54 Å². The van der Waals surface area contributed by atoms with Gasteiger partial charge in [-0.3, -0.25) is 14.3 Å². The second-order valence-electron chi connectivity index (χ2n) is 7.40. The molecular weight excluding hydrogens is 402 g/mol. The smallest absolute Gasteiger partial charge is 0.319 e. The first-order valence-electron chi connectivity index (χ1n) is 10.2. The Bertz CT molecular complexity index is 984. The number of carbonyl (C=O) groups is 1. The standard InChI is InChI=1S/C23H24F2N4O2/c24-23(25)29-11-10-26-21(29)16-27-12-14-28(15-13-27)22(30)19-6-8-20(9-7-19)31-17-18-4-2-1-3-5-18/h1-11,23H,12-17H2. The minimum absolute atomic E-state index is 0.0386. The Balaban J connectivity index is 1.28. The normalized spacial score (nSPS) is 14.7. The Kier molecular flexibility index (Phi) is 6.57. The average Bonchev–Trinajstić information content (AvgIpc) is 3.27. The van der Waals surface area contributed by atoms with Crippen LogP contribution in [0, 0.1) is 0 Å². The number of alkyl halides is 2. The number of aromatic nitrogens is 2. The van der Waals surface area contributed by atoms with E-state index in [1.54, 1.807) is 29.2 Å². The quantitative estimate of drug-likeness (QED) is 0.577. The minimum atomic E-state index is -2.60. The third-order valence-electron chi connectivity index (χ3n) is 5.33. The first kappa shape index (κ1) is 21.0. The van der Waals surface area contributed by atoms with Gasteiger partial charge in [-0.2, -0.15) is 8.78 Å². The number of carbonyl (C=O) groups excluding carboxylic acids is 1. The SMILES string of the molecule is O=C(c1ccc(OCc2ccccc2)cc1)N1CCN(Cc2nccn2C(F)F)CC1. The lowest BCUT2D eigenvalue weighted by Gasteiger charge is -2.34. The van der Waals surface area contributed by atoms with E-state index < -0.39 is 6.55 Å². The lowest BCUT2D eigenvalue weighted by atomic mass is 10.1. The molecule has 4 rings (SSSR count). The number of imidazole rings is 1. The van der Waals surface area contributed by atoms with Gasteiger partial charge in [-0.1, -0.05) is 30.3 Å². The van der Waals surface area contributed by atoms with Crippen LogP contribution in [0.1, 0.15) is 28.3 Å². The average molecular weight is 426 g/mol. The third-order valence-corrected chi connectivity index (χ3v) is 5.33. The van der Waals surface area contributed by atoms with Crippen LogP contribution in [0.25, 0.3) is 0 Å². The summed E-state index contributed by atoms with van der Waals surface area (Å²) in [6, 6.07) is 17.0. The molecule has 3 aromatic rings. The van der Waals surface area contributed by atoms with E-state index in [0.29, 0.717) is 56.5 Å². The predicted octanol–water partition coefficient (Wildman–Crippen LogP) is 3.82. The molecule has 6 nitrogen and oxygen atoms in total. The van der Waals surface area contributed by atoms with E-state index in [-0.39, 0.29) is 5.91 Å². The summed E-state index contributed by atoms with van der Waals surface area (Å²) in [7, 11) is 0. The largest absolute Gasteiger partial charge is 0.489 e. The molecule has 1 fully saturated rings. The molecule has 0 radical (unpaired) electrons. The van der Waals surface area contributed by atoms with E-state index in [4.69, 9.17) is 4.74 Å². The van der Waals surface area contributed by atoms with Crippen molar-refractivity contribution in [3.05, 3.63) is 83.9 Å². The maximum Gasteiger partial charge on any atom is 0.319 e. The third kappa shape index (κ3) is 5.27. The molecule has 8 heteroatoms. The van der Waals surface area contributed by atoms with Gasteiger partial charge < -0.3 is 9.64 Å². The molecule has 0 spiro atoms. The zero-order valence-electron chi connectivity index (χ0n) is 17.0. The molecule has 2 heterocycles. The van der Waals surface area contributed by atoms with Crippen LogP contribution < -0.4 is 4.74 Å². The second kappa shape index (κ2) is 9.70.